The van der Waals surface area contributed by atoms with Crippen LogP contribution in [0.25, 0.3) is 0 Å². The fourth-order valence-electron chi connectivity index (χ4n) is 4.00. The van der Waals surface area contributed by atoms with Gasteiger partial charge < -0.3 is 20.5 Å². The number of primary amides is 1. The third-order valence-electron chi connectivity index (χ3n) is 5.50. The molecule has 3 N–H and O–H groups in total. The number of methoxy groups -OCH3 is 1. The Kier molecular flexibility index (Phi) is 6.38. The first-order valence-electron chi connectivity index (χ1n) is 8.39. The van der Waals surface area contributed by atoms with E-state index in [0.717, 1.165) is 38.9 Å². The van der Waals surface area contributed by atoms with Gasteiger partial charge >= 0.3 is 0 Å². The van der Waals surface area contributed by atoms with E-state index in [9.17, 15) is 14.7 Å². The van der Waals surface area contributed by atoms with Crippen molar-refractivity contribution in [1.29, 1.82) is 0 Å². The van der Waals surface area contributed by atoms with Crippen molar-refractivity contribution in [2.24, 2.45) is 17.1 Å². The SMILES string of the molecule is COCCC(=O)N1CCC2(CCN(CC(N)=O)C[C@H]2CO)CC1. The first-order valence-corrected chi connectivity index (χ1v) is 8.39. The van der Waals surface area contributed by atoms with Crippen molar-refractivity contribution in [3.63, 3.8) is 0 Å². The summed E-state index contributed by atoms with van der Waals surface area (Å²) in [5.74, 6) is -0.0311. The summed E-state index contributed by atoms with van der Waals surface area (Å²) in [7, 11) is 1.60. The van der Waals surface area contributed by atoms with Gasteiger partial charge in [0.25, 0.3) is 0 Å². The minimum absolute atomic E-state index is 0.0843. The number of aliphatic hydroxyl groups excluding tert-OH is 1. The molecule has 2 rings (SSSR count). The lowest BCUT2D eigenvalue weighted by atomic mass is 9.64. The summed E-state index contributed by atoms with van der Waals surface area (Å²) in [5, 5.41) is 9.81. The van der Waals surface area contributed by atoms with E-state index >= 15 is 0 Å². The summed E-state index contributed by atoms with van der Waals surface area (Å²) in [5.41, 5.74) is 5.36. The molecular weight excluding hydrogens is 298 g/mol. The van der Waals surface area contributed by atoms with Crippen LogP contribution in [0.3, 0.4) is 0 Å². The highest BCUT2D eigenvalue weighted by Gasteiger charge is 2.45. The Bertz CT molecular complexity index is 422. The summed E-state index contributed by atoms with van der Waals surface area (Å²) in [6.45, 7) is 3.86. The third kappa shape index (κ3) is 4.43. The van der Waals surface area contributed by atoms with Crippen LogP contribution < -0.4 is 5.73 Å². The Morgan fingerprint density at radius 3 is 2.48 bits per heavy atom. The molecule has 7 heteroatoms. The summed E-state index contributed by atoms with van der Waals surface area (Å²) in [6.07, 6.45) is 3.22. The van der Waals surface area contributed by atoms with Crippen LogP contribution in [-0.4, -0.2) is 79.8 Å². The van der Waals surface area contributed by atoms with Gasteiger partial charge in [0.05, 0.1) is 19.6 Å². The molecule has 23 heavy (non-hydrogen) atoms. The van der Waals surface area contributed by atoms with Gasteiger partial charge in [0, 0.05) is 39.3 Å². The number of hydrogen-bond donors (Lipinski definition) is 2. The molecule has 1 atom stereocenters. The van der Waals surface area contributed by atoms with Crippen molar-refractivity contribution in [1.82, 2.24) is 9.80 Å². The van der Waals surface area contributed by atoms with Crippen molar-refractivity contribution >= 4 is 11.8 Å². The number of nitrogens with zero attached hydrogens (tertiary/aromatic N) is 2. The molecule has 2 heterocycles. The van der Waals surface area contributed by atoms with Gasteiger partial charge in [0.2, 0.25) is 11.8 Å². The van der Waals surface area contributed by atoms with Gasteiger partial charge in [0.1, 0.15) is 0 Å². The van der Waals surface area contributed by atoms with E-state index in [1.165, 1.54) is 0 Å². The standard InChI is InChI=1S/C16H29N3O4/c1-23-9-2-15(22)19-7-4-16(5-8-19)3-6-18(11-14(17)21)10-13(16)12-20/h13,20H,2-12H2,1H3,(H2,17,21)/t13-/m0/s1. The molecule has 0 aromatic heterocycles. The van der Waals surface area contributed by atoms with Crippen LogP contribution in [0.2, 0.25) is 0 Å². The lowest BCUT2D eigenvalue weighted by molar-refractivity contribution is -0.137. The number of nitrogens with two attached hydrogens (primary N) is 1. The smallest absolute Gasteiger partial charge is 0.231 e. The fraction of sp³-hybridized carbons (Fsp3) is 0.875. The van der Waals surface area contributed by atoms with Gasteiger partial charge in [-0.2, -0.15) is 0 Å². The number of piperidine rings is 2. The van der Waals surface area contributed by atoms with Gasteiger partial charge in [-0.1, -0.05) is 0 Å². The quantitative estimate of drug-likeness (QED) is 0.681. The summed E-state index contributed by atoms with van der Waals surface area (Å²) >= 11 is 0. The maximum absolute atomic E-state index is 12.1. The predicted octanol–water partition coefficient (Wildman–Crippen LogP) is -0.569. The predicted molar refractivity (Wildman–Crippen MR) is 85.6 cm³/mol. The Balaban J connectivity index is 1.91. The lowest BCUT2D eigenvalue weighted by Gasteiger charge is -2.51. The van der Waals surface area contributed by atoms with Gasteiger partial charge in [-0.05, 0) is 31.2 Å². The molecule has 1 spiro atoms. The van der Waals surface area contributed by atoms with Crippen molar-refractivity contribution in [2.45, 2.75) is 25.7 Å². The van der Waals surface area contributed by atoms with Crippen molar-refractivity contribution in [3.8, 4) is 0 Å². The van der Waals surface area contributed by atoms with Crippen LogP contribution in [0.1, 0.15) is 25.7 Å². The zero-order chi connectivity index (χ0) is 16.9. The van der Waals surface area contributed by atoms with E-state index in [-0.39, 0.29) is 36.3 Å². The first kappa shape index (κ1) is 18.2. The number of amides is 2. The average Bonchev–Trinajstić information content (AvgIpc) is 2.54. The van der Waals surface area contributed by atoms with Crippen molar-refractivity contribution in [2.75, 3.05) is 53.0 Å². The minimum atomic E-state index is -0.323. The molecule has 0 saturated carbocycles. The molecule has 132 valence electrons. The van der Waals surface area contributed by atoms with E-state index in [1.807, 2.05) is 9.80 Å². The molecule has 0 aliphatic carbocycles. The maximum Gasteiger partial charge on any atom is 0.231 e. The molecule has 2 saturated heterocycles. The van der Waals surface area contributed by atoms with Crippen LogP contribution >= 0.6 is 0 Å². The number of hydrogen-bond acceptors (Lipinski definition) is 5. The summed E-state index contributed by atoms with van der Waals surface area (Å²) < 4.78 is 4.97. The molecule has 0 unspecified atom stereocenters. The molecular formula is C16H29N3O4. The number of carbonyl (C=O) groups is 2. The number of rotatable bonds is 6. The molecule has 0 aromatic carbocycles. The van der Waals surface area contributed by atoms with Gasteiger partial charge in [-0.15, -0.1) is 0 Å². The molecule has 2 amide bonds. The maximum atomic E-state index is 12.1. The number of likely N-dealkylation sites (tertiary alicyclic amines) is 2. The monoisotopic (exact) mass is 327 g/mol. The van der Waals surface area contributed by atoms with E-state index in [2.05, 4.69) is 0 Å². The zero-order valence-electron chi connectivity index (χ0n) is 14.0. The highest BCUT2D eigenvalue weighted by molar-refractivity contribution is 5.76. The number of ether oxygens (including phenoxy) is 1. The van der Waals surface area contributed by atoms with E-state index < -0.39 is 0 Å². The second-order valence-corrected chi connectivity index (χ2v) is 6.82. The third-order valence-corrected chi connectivity index (χ3v) is 5.50. The largest absolute Gasteiger partial charge is 0.396 e. The van der Waals surface area contributed by atoms with Crippen LogP contribution in [0.4, 0.5) is 0 Å². The van der Waals surface area contributed by atoms with E-state index in [4.69, 9.17) is 10.5 Å². The molecule has 2 aliphatic heterocycles. The molecule has 0 bridgehead atoms. The highest BCUT2D eigenvalue weighted by Crippen LogP contribution is 2.45. The van der Waals surface area contributed by atoms with Crippen LogP contribution in [0.5, 0.6) is 0 Å². The van der Waals surface area contributed by atoms with Gasteiger partial charge in [-0.3, -0.25) is 14.5 Å². The Morgan fingerprint density at radius 1 is 1.26 bits per heavy atom. The molecule has 7 nitrogen and oxygen atoms in total. The fourth-order valence-corrected chi connectivity index (χ4v) is 4.00. The first-order chi connectivity index (χ1) is 11.0. The van der Waals surface area contributed by atoms with Crippen molar-refractivity contribution in [3.05, 3.63) is 0 Å². The minimum Gasteiger partial charge on any atom is -0.396 e. The van der Waals surface area contributed by atoms with Crippen LogP contribution in [0, 0.1) is 11.3 Å². The lowest BCUT2D eigenvalue weighted by Crippen LogP contribution is -2.55. The Labute approximate surface area is 137 Å². The molecule has 0 radical (unpaired) electrons. The normalized spacial score (nSPS) is 24.8. The second-order valence-electron chi connectivity index (χ2n) is 6.82. The van der Waals surface area contributed by atoms with Crippen LogP contribution in [0.15, 0.2) is 0 Å². The van der Waals surface area contributed by atoms with Gasteiger partial charge in [-0.25, -0.2) is 0 Å². The zero-order valence-corrected chi connectivity index (χ0v) is 14.0. The van der Waals surface area contributed by atoms with E-state index in [0.29, 0.717) is 19.6 Å². The topological polar surface area (TPSA) is 96.1 Å². The van der Waals surface area contributed by atoms with Crippen LogP contribution in [-0.2, 0) is 14.3 Å². The number of aliphatic hydroxyl groups is 1. The number of carbonyl (C=O) groups excluding carboxylic acids is 2. The Hall–Kier alpha value is -1.18. The average molecular weight is 327 g/mol. The molecule has 2 fully saturated rings. The summed E-state index contributed by atoms with van der Waals surface area (Å²) in [6, 6.07) is 0. The van der Waals surface area contributed by atoms with Gasteiger partial charge in [0.15, 0.2) is 0 Å². The second kappa shape index (κ2) is 8.08. The highest BCUT2D eigenvalue weighted by atomic mass is 16.5. The Morgan fingerprint density at radius 2 is 1.91 bits per heavy atom. The molecule has 2 aliphatic rings. The molecule has 0 aromatic rings. The van der Waals surface area contributed by atoms with Crippen molar-refractivity contribution < 1.29 is 19.4 Å². The summed E-state index contributed by atoms with van der Waals surface area (Å²) in [4.78, 5) is 27.1. The van der Waals surface area contributed by atoms with E-state index in [1.54, 1.807) is 7.11 Å².